The molecule has 88 valence electrons. The average Bonchev–Trinajstić information content (AvgIpc) is 2.76. The van der Waals surface area contributed by atoms with Crippen LogP contribution in [0.5, 0.6) is 0 Å². The number of hydrogen-bond donors (Lipinski definition) is 1. The normalized spacial score (nSPS) is 14.7. The zero-order chi connectivity index (χ0) is 11.8. The highest BCUT2D eigenvalue weighted by molar-refractivity contribution is 9.13. The van der Waals surface area contributed by atoms with Crippen molar-refractivity contribution < 1.29 is 0 Å². The first kappa shape index (κ1) is 11.8. The van der Waals surface area contributed by atoms with Crippen LogP contribution in [0.1, 0.15) is 10.6 Å². The quantitative estimate of drug-likeness (QED) is 0.817. The molecule has 0 saturated carbocycles. The van der Waals surface area contributed by atoms with Gasteiger partial charge in [-0.3, -0.25) is 0 Å². The fourth-order valence-electron chi connectivity index (χ4n) is 1.88. The van der Waals surface area contributed by atoms with Gasteiger partial charge in [-0.05, 0) is 44.0 Å². The molecule has 1 aromatic heterocycles. The number of thiazole rings is 1. The number of hydrogen-bond acceptors (Lipinski definition) is 3. The van der Waals surface area contributed by atoms with Gasteiger partial charge < -0.3 is 5.32 Å². The Balaban J connectivity index is 2.03. The summed E-state index contributed by atoms with van der Waals surface area (Å²) in [7, 11) is 0. The van der Waals surface area contributed by atoms with Crippen LogP contribution in [0.3, 0.4) is 0 Å². The van der Waals surface area contributed by atoms with E-state index >= 15 is 0 Å². The minimum Gasteiger partial charge on any atom is -0.311 e. The van der Waals surface area contributed by atoms with Crippen LogP contribution in [-0.2, 0) is 13.0 Å². The highest BCUT2D eigenvalue weighted by Crippen LogP contribution is 2.33. The lowest BCUT2D eigenvalue weighted by molar-refractivity contribution is 0.644. The largest absolute Gasteiger partial charge is 0.311 e. The molecule has 1 aliphatic heterocycles. The Labute approximate surface area is 121 Å². The fourth-order valence-corrected chi connectivity index (χ4v) is 3.58. The summed E-state index contributed by atoms with van der Waals surface area (Å²) in [5, 5.41) is 4.50. The molecule has 0 aliphatic carbocycles. The lowest BCUT2D eigenvalue weighted by Crippen LogP contribution is -2.22. The van der Waals surface area contributed by atoms with Gasteiger partial charge in [-0.25, -0.2) is 4.98 Å². The third-order valence-electron chi connectivity index (χ3n) is 2.77. The van der Waals surface area contributed by atoms with Crippen molar-refractivity contribution in [2.24, 2.45) is 0 Å². The number of benzene rings is 1. The average molecular weight is 374 g/mol. The van der Waals surface area contributed by atoms with Crippen molar-refractivity contribution in [1.29, 1.82) is 0 Å². The second-order valence-electron chi connectivity index (χ2n) is 3.94. The first-order chi connectivity index (χ1) is 8.24. The monoisotopic (exact) mass is 372 g/mol. The van der Waals surface area contributed by atoms with E-state index in [0.29, 0.717) is 0 Å². The van der Waals surface area contributed by atoms with Crippen LogP contribution in [-0.4, -0.2) is 11.5 Å². The number of rotatable bonds is 1. The maximum atomic E-state index is 4.73. The van der Waals surface area contributed by atoms with Crippen LogP contribution < -0.4 is 5.32 Å². The van der Waals surface area contributed by atoms with Crippen LogP contribution in [0.4, 0.5) is 0 Å². The van der Waals surface area contributed by atoms with Crippen LogP contribution >= 0.6 is 43.2 Å². The molecule has 3 rings (SSSR count). The number of halogens is 2. The Kier molecular flexibility index (Phi) is 3.34. The van der Waals surface area contributed by atoms with E-state index in [1.54, 1.807) is 11.3 Å². The molecule has 1 aliphatic rings. The van der Waals surface area contributed by atoms with E-state index in [0.717, 1.165) is 33.5 Å². The van der Waals surface area contributed by atoms with Crippen LogP contribution in [0.25, 0.3) is 10.6 Å². The van der Waals surface area contributed by atoms with Gasteiger partial charge in [0.25, 0.3) is 0 Å². The second kappa shape index (κ2) is 4.80. The van der Waals surface area contributed by atoms with E-state index < -0.39 is 0 Å². The van der Waals surface area contributed by atoms with Crippen molar-refractivity contribution in [3.63, 3.8) is 0 Å². The lowest BCUT2D eigenvalue weighted by atomic mass is 10.2. The smallest absolute Gasteiger partial charge is 0.123 e. The Bertz CT molecular complexity index is 542. The van der Waals surface area contributed by atoms with Crippen molar-refractivity contribution in [2.75, 3.05) is 6.54 Å². The van der Waals surface area contributed by atoms with Gasteiger partial charge in [0.2, 0.25) is 0 Å². The van der Waals surface area contributed by atoms with Gasteiger partial charge in [0.05, 0.1) is 5.69 Å². The molecule has 0 radical (unpaired) electrons. The molecule has 0 spiro atoms. The number of aromatic nitrogens is 1. The van der Waals surface area contributed by atoms with E-state index in [9.17, 15) is 0 Å². The summed E-state index contributed by atoms with van der Waals surface area (Å²) in [4.78, 5) is 6.11. The number of nitrogens with zero attached hydrogens (tertiary/aromatic N) is 1. The van der Waals surface area contributed by atoms with E-state index in [-0.39, 0.29) is 0 Å². The van der Waals surface area contributed by atoms with Gasteiger partial charge in [-0.15, -0.1) is 11.3 Å². The molecule has 0 amide bonds. The molecule has 2 nitrogen and oxygen atoms in total. The highest BCUT2D eigenvalue weighted by Gasteiger charge is 2.15. The second-order valence-corrected chi connectivity index (χ2v) is 6.74. The molecule has 1 N–H and O–H groups in total. The first-order valence-corrected chi connectivity index (χ1v) is 7.79. The Morgan fingerprint density at radius 1 is 1.24 bits per heavy atom. The molecule has 5 heteroatoms. The van der Waals surface area contributed by atoms with Crippen LogP contribution in [0, 0.1) is 0 Å². The van der Waals surface area contributed by atoms with Crippen molar-refractivity contribution in [3.05, 3.63) is 37.7 Å². The molecule has 0 fully saturated rings. The molecule has 2 heterocycles. The standard InChI is InChI=1S/C12H10Br2N2S/c13-8-2-1-7(5-9(8)14)12-16-10-3-4-15-6-11(10)17-12/h1-2,5,15H,3-4,6H2. The van der Waals surface area contributed by atoms with E-state index in [4.69, 9.17) is 4.98 Å². The predicted octanol–water partition coefficient (Wildman–Crippen LogP) is 3.98. The molecule has 1 aromatic carbocycles. The number of fused-ring (bicyclic) bond motifs is 1. The number of nitrogens with one attached hydrogen (secondary N) is 1. The van der Waals surface area contributed by atoms with E-state index in [1.165, 1.54) is 16.1 Å². The topological polar surface area (TPSA) is 24.9 Å². The summed E-state index contributed by atoms with van der Waals surface area (Å²) in [5.74, 6) is 0. The van der Waals surface area contributed by atoms with Crippen molar-refractivity contribution in [2.45, 2.75) is 13.0 Å². The zero-order valence-electron chi connectivity index (χ0n) is 8.96. The van der Waals surface area contributed by atoms with Crippen LogP contribution in [0.15, 0.2) is 27.1 Å². The summed E-state index contributed by atoms with van der Waals surface area (Å²) in [6.45, 7) is 2.00. The molecule has 0 unspecified atom stereocenters. The summed E-state index contributed by atoms with van der Waals surface area (Å²) in [6.07, 6.45) is 1.05. The molecule has 2 aromatic rings. The maximum absolute atomic E-state index is 4.73. The van der Waals surface area contributed by atoms with Gasteiger partial charge in [0.1, 0.15) is 5.01 Å². The third kappa shape index (κ3) is 2.34. The minimum atomic E-state index is 0.963. The van der Waals surface area contributed by atoms with Gasteiger partial charge in [-0.1, -0.05) is 6.07 Å². The summed E-state index contributed by atoms with van der Waals surface area (Å²) in [5.41, 5.74) is 2.45. The summed E-state index contributed by atoms with van der Waals surface area (Å²) >= 11 is 8.81. The fraction of sp³-hybridized carbons (Fsp3) is 0.250. The highest BCUT2D eigenvalue weighted by atomic mass is 79.9. The van der Waals surface area contributed by atoms with E-state index in [2.05, 4.69) is 55.4 Å². The summed E-state index contributed by atoms with van der Waals surface area (Å²) < 4.78 is 2.14. The molecule has 0 bridgehead atoms. The van der Waals surface area contributed by atoms with Crippen LogP contribution in [0.2, 0.25) is 0 Å². The Morgan fingerprint density at radius 2 is 2.12 bits per heavy atom. The molecular formula is C12H10Br2N2S. The SMILES string of the molecule is Brc1ccc(-c2nc3c(s2)CNCC3)cc1Br. The molecule has 0 saturated heterocycles. The first-order valence-electron chi connectivity index (χ1n) is 5.39. The van der Waals surface area contributed by atoms with E-state index in [1.807, 2.05) is 0 Å². The van der Waals surface area contributed by atoms with Gasteiger partial charge >= 0.3 is 0 Å². The van der Waals surface area contributed by atoms with Gasteiger partial charge in [-0.2, -0.15) is 0 Å². The lowest BCUT2D eigenvalue weighted by Gasteiger charge is -2.09. The maximum Gasteiger partial charge on any atom is 0.123 e. The third-order valence-corrected chi connectivity index (χ3v) is 5.80. The van der Waals surface area contributed by atoms with Crippen molar-refractivity contribution in [3.8, 4) is 10.6 Å². The van der Waals surface area contributed by atoms with Gasteiger partial charge in [0, 0.05) is 38.9 Å². The predicted molar refractivity (Wildman–Crippen MR) is 78.4 cm³/mol. The molecular weight excluding hydrogens is 364 g/mol. The van der Waals surface area contributed by atoms with Crippen molar-refractivity contribution in [1.82, 2.24) is 10.3 Å². The Hall–Kier alpha value is -0.230. The van der Waals surface area contributed by atoms with Gasteiger partial charge in [0.15, 0.2) is 0 Å². The zero-order valence-corrected chi connectivity index (χ0v) is 13.0. The summed E-state index contributed by atoms with van der Waals surface area (Å²) in [6, 6.07) is 6.27. The molecule has 0 atom stereocenters. The minimum absolute atomic E-state index is 0.963. The Morgan fingerprint density at radius 3 is 2.88 bits per heavy atom. The van der Waals surface area contributed by atoms with Crippen molar-refractivity contribution >= 4 is 43.2 Å². The molecule has 17 heavy (non-hydrogen) atoms.